The molecule has 5 aromatic rings. The Bertz CT molecular complexity index is 1410. The molecule has 0 spiro atoms. The van der Waals surface area contributed by atoms with Gasteiger partial charge in [-0.25, -0.2) is 4.52 Å². The lowest BCUT2D eigenvalue weighted by molar-refractivity contribution is -0.115. The molecule has 2 aromatic carbocycles. The number of nitrogens with one attached hydrogen (secondary N) is 1. The molecule has 0 unspecified atom stereocenters. The third-order valence-electron chi connectivity index (χ3n) is 5.02. The van der Waals surface area contributed by atoms with Crippen LogP contribution >= 0.6 is 11.3 Å². The van der Waals surface area contributed by atoms with Gasteiger partial charge in [0.1, 0.15) is 5.69 Å². The van der Waals surface area contributed by atoms with Crippen LogP contribution in [0, 0.1) is 20.8 Å². The van der Waals surface area contributed by atoms with Gasteiger partial charge in [0.25, 0.3) is 0 Å². The average molecular weight is 417 g/mol. The summed E-state index contributed by atoms with van der Waals surface area (Å²) in [7, 11) is 0. The number of fused-ring (bicyclic) bond motifs is 2. The molecular weight excluding hydrogens is 398 g/mol. The Morgan fingerprint density at radius 1 is 1.13 bits per heavy atom. The third-order valence-corrected chi connectivity index (χ3v) is 5.84. The zero-order chi connectivity index (χ0) is 20.8. The van der Waals surface area contributed by atoms with E-state index in [1.807, 2.05) is 30.5 Å². The van der Waals surface area contributed by atoms with Crippen LogP contribution in [-0.4, -0.2) is 25.7 Å². The Labute approximate surface area is 176 Å². The van der Waals surface area contributed by atoms with Gasteiger partial charge in [0, 0.05) is 16.3 Å². The number of thiazole rings is 1. The molecule has 0 aliphatic carbocycles. The molecule has 3 heterocycles. The van der Waals surface area contributed by atoms with E-state index in [-0.39, 0.29) is 18.3 Å². The first-order valence-electron chi connectivity index (χ1n) is 9.54. The van der Waals surface area contributed by atoms with Crippen LogP contribution in [0.4, 0.5) is 5.95 Å². The predicted molar refractivity (Wildman–Crippen MR) is 117 cm³/mol. The molecular formula is C22H19N5O2S. The van der Waals surface area contributed by atoms with Gasteiger partial charge in [-0.2, -0.15) is 4.98 Å². The topological polar surface area (TPSA) is 85.3 Å². The Morgan fingerprint density at radius 3 is 2.77 bits per heavy atom. The summed E-state index contributed by atoms with van der Waals surface area (Å²) in [6.45, 7) is 6.14. The van der Waals surface area contributed by atoms with E-state index in [1.54, 1.807) is 4.52 Å². The zero-order valence-corrected chi connectivity index (χ0v) is 17.6. The molecule has 7 nitrogen and oxygen atoms in total. The molecule has 8 heteroatoms. The van der Waals surface area contributed by atoms with Crippen LogP contribution in [0.15, 0.2) is 46.3 Å². The molecule has 0 bridgehead atoms. The summed E-state index contributed by atoms with van der Waals surface area (Å²) in [6.07, 6.45) is 0.0905. The Morgan fingerprint density at radius 2 is 1.93 bits per heavy atom. The quantitative estimate of drug-likeness (QED) is 0.458. The number of rotatable bonds is 4. The molecule has 0 saturated carbocycles. The van der Waals surface area contributed by atoms with Crippen LogP contribution in [0.5, 0.6) is 0 Å². The van der Waals surface area contributed by atoms with E-state index >= 15 is 0 Å². The van der Waals surface area contributed by atoms with Crippen LogP contribution < -0.4 is 5.32 Å². The number of anilines is 1. The summed E-state index contributed by atoms with van der Waals surface area (Å²) in [6, 6.07) is 12.1. The number of nitrogens with zero attached hydrogens (tertiary/aromatic N) is 4. The van der Waals surface area contributed by atoms with Gasteiger partial charge in [-0.3, -0.25) is 10.1 Å². The maximum absolute atomic E-state index is 12.6. The summed E-state index contributed by atoms with van der Waals surface area (Å²) in [5.41, 5.74) is 6.79. The summed E-state index contributed by atoms with van der Waals surface area (Å²) in [5, 5.41) is 14.2. The van der Waals surface area contributed by atoms with E-state index in [9.17, 15) is 4.79 Å². The summed E-state index contributed by atoms with van der Waals surface area (Å²) < 4.78 is 7.08. The predicted octanol–water partition coefficient (Wildman–Crippen LogP) is 4.71. The lowest BCUT2D eigenvalue weighted by Gasteiger charge is -2.05. The number of carbonyl (C=O) groups is 1. The van der Waals surface area contributed by atoms with Gasteiger partial charge in [-0.1, -0.05) is 40.5 Å². The Kier molecular flexibility index (Phi) is 4.36. The lowest BCUT2D eigenvalue weighted by atomic mass is 10.0. The molecule has 3 aromatic heterocycles. The maximum atomic E-state index is 12.6. The average Bonchev–Trinajstić information content (AvgIpc) is 3.37. The van der Waals surface area contributed by atoms with E-state index < -0.39 is 0 Å². The second-order valence-corrected chi connectivity index (χ2v) is 8.26. The SMILES string of the molecule is Cc1ccc(-c2csc3nc(NC(=O)Cc4noc5ccc(C)cc45)nn23)c(C)c1. The van der Waals surface area contributed by atoms with Gasteiger partial charge in [-0.15, -0.1) is 16.4 Å². The van der Waals surface area contributed by atoms with Crippen molar-refractivity contribution in [2.75, 3.05) is 5.32 Å². The highest BCUT2D eigenvalue weighted by Crippen LogP contribution is 2.29. The van der Waals surface area contributed by atoms with Crippen molar-refractivity contribution in [3.63, 3.8) is 0 Å². The van der Waals surface area contributed by atoms with Crippen LogP contribution in [0.3, 0.4) is 0 Å². The normalized spacial score (nSPS) is 11.4. The molecule has 0 aliphatic heterocycles. The number of aryl methyl sites for hydroxylation is 3. The van der Waals surface area contributed by atoms with Crippen molar-refractivity contribution in [2.24, 2.45) is 0 Å². The zero-order valence-electron chi connectivity index (χ0n) is 16.8. The minimum absolute atomic E-state index is 0.0905. The minimum atomic E-state index is -0.238. The van der Waals surface area contributed by atoms with E-state index in [1.165, 1.54) is 22.5 Å². The fraction of sp³-hybridized carbons (Fsp3) is 0.182. The summed E-state index contributed by atoms with van der Waals surface area (Å²) in [4.78, 5) is 17.7. The van der Waals surface area contributed by atoms with E-state index in [0.29, 0.717) is 11.3 Å². The second kappa shape index (κ2) is 7.07. The number of benzene rings is 2. The second-order valence-electron chi connectivity index (χ2n) is 7.42. The fourth-order valence-corrected chi connectivity index (χ4v) is 4.39. The van der Waals surface area contributed by atoms with Crippen LogP contribution in [-0.2, 0) is 11.2 Å². The number of amides is 1. The molecule has 0 fully saturated rings. The van der Waals surface area contributed by atoms with Gasteiger partial charge < -0.3 is 4.52 Å². The van der Waals surface area contributed by atoms with Crippen molar-refractivity contribution >= 4 is 39.1 Å². The van der Waals surface area contributed by atoms with Crippen molar-refractivity contribution in [1.29, 1.82) is 0 Å². The van der Waals surface area contributed by atoms with Gasteiger partial charge >= 0.3 is 0 Å². The maximum Gasteiger partial charge on any atom is 0.250 e. The number of hydrogen-bond donors (Lipinski definition) is 1. The van der Waals surface area contributed by atoms with Crippen molar-refractivity contribution in [2.45, 2.75) is 27.2 Å². The summed E-state index contributed by atoms with van der Waals surface area (Å²) >= 11 is 1.49. The van der Waals surface area contributed by atoms with E-state index in [2.05, 4.69) is 52.6 Å². The van der Waals surface area contributed by atoms with Crippen molar-refractivity contribution in [3.8, 4) is 11.3 Å². The Balaban J connectivity index is 1.39. The first kappa shape index (κ1) is 18.5. The highest BCUT2D eigenvalue weighted by atomic mass is 32.1. The first-order valence-corrected chi connectivity index (χ1v) is 10.4. The Hall–Kier alpha value is -3.52. The van der Waals surface area contributed by atoms with Crippen LogP contribution in [0.2, 0.25) is 0 Å². The van der Waals surface area contributed by atoms with Crippen molar-refractivity contribution in [3.05, 3.63) is 64.2 Å². The molecule has 0 aliphatic rings. The lowest BCUT2D eigenvalue weighted by Crippen LogP contribution is -2.15. The summed E-state index contributed by atoms with van der Waals surface area (Å²) in [5.74, 6) is 0.0415. The van der Waals surface area contributed by atoms with Crippen molar-refractivity contribution in [1.82, 2.24) is 19.8 Å². The van der Waals surface area contributed by atoms with Crippen molar-refractivity contribution < 1.29 is 9.32 Å². The van der Waals surface area contributed by atoms with Gasteiger partial charge in [0.2, 0.25) is 16.8 Å². The molecule has 150 valence electrons. The van der Waals surface area contributed by atoms with Gasteiger partial charge in [0.15, 0.2) is 5.58 Å². The van der Waals surface area contributed by atoms with E-state index in [0.717, 1.165) is 27.2 Å². The van der Waals surface area contributed by atoms with Crippen LogP contribution in [0.25, 0.3) is 27.2 Å². The highest BCUT2D eigenvalue weighted by Gasteiger charge is 2.17. The largest absolute Gasteiger partial charge is 0.356 e. The molecule has 0 radical (unpaired) electrons. The van der Waals surface area contributed by atoms with E-state index in [4.69, 9.17) is 4.52 Å². The molecule has 30 heavy (non-hydrogen) atoms. The first-order chi connectivity index (χ1) is 14.5. The highest BCUT2D eigenvalue weighted by molar-refractivity contribution is 7.15. The molecule has 5 rings (SSSR count). The number of carbonyl (C=O) groups excluding carboxylic acids is 1. The van der Waals surface area contributed by atoms with Crippen LogP contribution in [0.1, 0.15) is 22.4 Å². The standard InChI is InChI=1S/C22H19N5O2S/c1-12-4-6-15(14(3)8-12)18-11-30-22-24-21(25-27(18)22)23-20(28)10-17-16-9-13(2)5-7-19(16)29-26-17/h4-9,11H,10H2,1-3H3,(H,23,25,28). The monoisotopic (exact) mass is 417 g/mol. The minimum Gasteiger partial charge on any atom is -0.356 e. The fourth-order valence-electron chi connectivity index (χ4n) is 3.57. The molecule has 0 saturated heterocycles. The smallest absolute Gasteiger partial charge is 0.250 e. The number of aromatic nitrogens is 4. The number of hydrogen-bond acceptors (Lipinski definition) is 6. The van der Waals surface area contributed by atoms with Gasteiger partial charge in [0.05, 0.1) is 12.1 Å². The molecule has 1 amide bonds. The molecule has 0 atom stereocenters. The molecule has 1 N–H and O–H groups in total. The van der Waals surface area contributed by atoms with Gasteiger partial charge in [-0.05, 0) is 38.5 Å². The third kappa shape index (κ3) is 3.25.